The normalized spacial score (nSPS) is 10.4. The summed E-state index contributed by atoms with van der Waals surface area (Å²) in [4.78, 5) is 0. The first kappa shape index (κ1) is 23.5. The van der Waals surface area contributed by atoms with Gasteiger partial charge in [-0.25, -0.2) is 4.39 Å². The van der Waals surface area contributed by atoms with Gasteiger partial charge in [0.15, 0.2) is 11.5 Å². The first-order valence-electron chi connectivity index (χ1n) is 8.27. The molecule has 2 aromatic rings. The summed E-state index contributed by atoms with van der Waals surface area (Å²) in [5, 5.41) is 12.3. The van der Waals surface area contributed by atoms with Gasteiger partial charge in [0.1, 0.15) is 12.4 Å². The highest BCUT2D eigenvalue weighted by Gasteiger charge is 2.12. The van der Waals surface area contributed by atoms with Gasteiger partial charge >= 0.3 is 0 Å². The SMILES string of the molecule is COc1cc(CNCCOCCO)cc(Cl)c1OCc1ccc(F)cc1.Cl. The average molecular weight is 420 g/mol. The molecule has 27 heavy (non-hydrogen) atoms. The molecule has 0 amide bonds. The Morgan fingerprint density at radius 3 is 2.52 bits per heavy atom. The maximum atomic E-state index is 13.0. The second-order valence-electron chi connectivity index (χ2n) is 5.54. The minimum Gasteiger partial charge on any atom is -0.493 e. The number of aliphatic hydroxyl groups excluding tert-OH is 1. The zero-order valence-corrected chi connectivity index (χ0v) is 16.6. The lowest BCUT2D eigenvalue weighted by atomic mass is 10.2. The number of ether oxygens (including phenoxy) is 3. The van der Waals surface area contributed by atoms with E-state index in [9.17, 15) is 4.39 Å². The summed E-state index contributed by atoms with van der Waals surface area (Å²) < 4.78 is 29.3. The third-order valence-corrected chi connectivity index (χ3v) is 3.85. The Kier molecular flexibility index (Phi) is 11.1. The second kappa shape index (κ2) is 12.8. The molecule has 0 heterocycles. The van der Waals surface area contributed by atoms with Crippen LogP contribution in [-0.2, 0) is 17.9 Å². The van der Waals surface area contributed by atoms with E-state index in [1.54, 1.807) is 19.2 Å². The Bertz CT molecular complexity index is 686. The zero-order chi connectivity index (χ0) is 18.8. The van der Waals surface area contributed by atoms with Gasteiger partial charge in [-0.3, -0.25) is 0 Å². The molecule has 0 bridgehead atoms. The van der Waals surface area contributed by atoms with E-state index in [2.05, 4.69) is 5.32 Å². The maximum Gasteiger partial charge on any atom is 0.180 e. The molecule has 0 fully saturated rings. The van der Waals surface area contributed by atoms with E-state index >= 15 is 0 Å². The summed E-state index contributed by atoms with van der Waals surface area (Å²) in [5.41, 5.74) is 1.78. The molecule has 0 aliphatic heterocycles. The van der Waals surface area contributed by atoms with Crippen LogP contribution in [0.5, 0.6) is 11.5 Å². The van der Waals surface area contributed by atoms with E-state index < -0.39 is 0 Å². The Labute approximate surface area is 169 Å². The predicted octanol–water partition coefficient (Wildman–Crippen LogP) is 3.59. The zero-order valence-electron chi connectivity index (χ0n) is 15.0. The molecule has 2 rings (SSSR count). The molecule has 0 saturated heterocycles. The van der Waals surface area contributed by atoms with Crippen LogP contribution in [0.15, 0.2) is 36.4 Å². The van der Waals surface area contributed by atoms with Gasteiger partial charge in [-0.2, -0.15) is 0 Å². The van der Waals surface area contributed by atoms with Gasteiger partial charge in [0, 0.05) is 13.1 Å². The highest BCUT2D eigenvalue weighted by Crippen LogP contribution is 2.37. The van der Waals surface area contributed by atoms with Crippen LogP contribution in [-0.4, -0.2) is 38.6 Å². The summed E-state index contributed by atoms with van der Waals surface area (Å²) in [7, 11) is 1.55. The van der Waals surface area contributed by atoms with E-state index in [-0.39, 0.29) is 31.4 Å². The number of hydrogen-bond acceptors (Lipinski definition) is 5. The molecule has 2 aromatic carbocycles. The highest BCUT2D eigenvalue weighted by molar-refractivity contribution is 6.32. The van der Waals surface area contributed by atoms with Crippen LogP contribution in [0.4, 0.5) is 4.39 Å². The van der Waals surface area contributed by atoms with Gasteiger partial charge in [0.05, 0.1) is 32.0 Å². The van der Waals surface area contributed by atoms with Crippen molar-refractivity contribution in [1.82, 2.24) is 5.32 Å². The number of methoxy groups -OCH3 is 1. The van der Waals surface area contributed by atoms with Gasteiger partial charge < -0.3 is 24.6 Å². The fourth-order valence-corrected chi connectivity index (χ4v) is 2.58. The Morgan fingerprint density at radius 1 is 1.11 bits per heavy atom. The summed E-state index contributed by atoms with van der Waals surface area (Å²) in [6.07, 6.45) is 0. The van der Waals surface area contributed by atoms with Gasteiger partial charge in [-0.05, 0) is 35.4 Å². The van der Waals surface area contributed by atoms with E-state index in [4.69, 9.17) is 30.9 Å². The molecule has 0 atom stereocenters. The number of hydrogen-bond donors (Lipinski definition) is 2. The lowest BCUT2D eigenvalue weighted by molar-refractivity contribution is 0.0938. The highest BCUT2D eigenvalue weighted by atomic mass is 35.5. The summed E-state index contributed by atoms with van der Waals surface area (Å²) in [5.74, 6) is 0.699. The lowest BCUT2D eigenvalue weighted by Gasteiger charge is -2.15. The van der Waals surface area contributed by atoms with Crippen LogP contribution < -0.4 is 14.8 Å². The molecule has 8 heteroatoms. The van der Waals surface area contributed by atoms with Crippen LogP contribution in [0.2, 0.25) is 5.02 Å². The van der Waals surface area contributed by atoms with Gasteiger partial charge in [-0.1, -0.05) is 23.7 Å². The van der Waals surface area contributed by atoms with Crippen LogP contribution in [0.25, 0.3) is 0 Å². The van der Waals surface area contributed by atoms with Gasteiger partial charge in [-0.15, -0.1) is 12.4 Å². The molecule has 0 aliphatic rings. The minimum absolute atomic E-state index is 0. The summed E-state index contributed by atoms with van der Waals surface area (Å²) >= 11 is 6.34. The van der Waals surface area contributed by atoms with E-state index in [0.717, 1.165) is 11.1 Å². The quantitative estimate of drug-likeness (QED) is 0.545. The number of rotatable bonds is 11. The Hall–Kier alpha value is -1.57. The number of halogens is 3. The number of nitrogens with one attached hydrogen (secondary N) is 1. The number of benzene rings is 2. The second-order valence-corrected chi connectivity index (χ2v) is 5.94. The monoisotopic (exact) mass is 419 g/mol. The predicted molar refractivity (Wildman–Crippen MR) is 106 cm³/mol. The Morgan fingerprint density at radius 2 is 1.85 bits per heavy atom. The molecular weight excluding hydrogens is 396 g/mol. The molecule has 0 saturated carbocycles. The fourth-order valence-electron chi connectivity index (χ4n) is 2.30. The van der Waals surface area contributed by atoms with Crippen LogP contribution >= 0.6 is 24.0 Å². The number of aliphatic hydroxyl groups is 1. The van der Waals surface area contributed by atoms with E-state index in [0.29, 0.717) is 42.8 Å². The Balaban J connectivity index is 0.00000364. The molecule has 150 valence electrons. The smallest absolute Gasteiger partial charge is 0.180 e. The standard InChI is InChI=1S/C19H23ClFNO4.ClH/c1-24-18-11-15(12-22-6-8-25-9-7-23)10-17(20)19(18)26-13-14-2-4-16(21)5-3-14;/h2-5,10-11,22-23H,6-9,12-13H2,1H3;1H. The molecule has 5 nitrogen and oxygen atoms in total. The van der Waals surface area contributed by atoms with Crippen molar-refractivity contribution in [2.45, 2.75) is 13.2 Å². The van der Waals surface area contributed by atoms with Crippen molar-refractivity contribution in [2.24, 2.45) is 0 Å². The van der Waals surface area contributed by atoms with E-state index in [1.165, 1.54) is 12.1 Å². The summed E-state index contributed by atoms with van der Waals surface area (Å²) in [6, 6.07) is 9.76. The van der Waals surface area contributed by atoms with Crippen LogP contribution in [0.3, 0.4) is 0 Å². The first-order valence-corrected chi connectivity index (χ1v) is 8.64. The third kappa shape index (κ3) is 7.91. The van der Waals surface area contributed by atoms with Crippen molar-refractivity contribution in [2.75, 3.05) is 33.5 Å². The van der Waals surface area contributed by atoms with Crippen molar-refractivity contribution >= 4 is 24.0 Å². The van der Waals surface area contributed by atoms with Gasteiger partial charge in [0.2, 0.25) is 0 Å². The molecule has 0 spiro atoms. The summed E-state index contributed by atoms with van der Waals surface area (Å²) in [6.45, 7) is 2.38. The molecular formula is C19H24Cl2FNO4. The van der Waals surface area contributed by atoms with Crippen molar-refractivity contribution in [1.29, 1.82) is 0 Å². The third-order valence-electron chi connectivity index (χ3n) is 3.57. The van der Waals surface area contributed by atoms with E-state index in [1.807, 2.05) is 12.1 Å². The maximum absolute atomic E-state index is 13.0. The van der Waals surface area contributed by atoms with Crippen LogP contribution in [0, 0.1) is 5.82 Å². The molecule has 2 N–H and O–H groups in total. The topological polar surface area (TPSA) is 60.0 Å². The molecule has 0 unspecified atom stereocenters. The molecule has 0 radical (unpaired) electrons. The minimum atomic E-state index is -0.289. The van der Waals surface area contributed by atoms with Crippen LogP contribution in [0.1, 0.15) is 11.1 Å². The van der Waals surface area contributed by atoms with Crippen molar-refractivity contribution in [3.8, 4) is 11.5 Å². The largest absolute Gasteiger partial charge is 0.493 e. The van der Waals surface area contributed by atoms with Gasteiger partial charge in [0.25, 0.3) is 0 Å². The average Bonchev–Trinajstić information content (AvgIpc) is 2.64. The van der Waals surface area contributed by atoms with Crippen molar-refractivity contribution in [3.63, 3.8) is 0 Å². The van der Waals surface area contributed by atoms with Crippen molar-refractivity contribution in [3.05, 3.63) is 58.4 Å². The molecule has 0 aromatic heterocycles. The first-order chi connectivity index (χ1) is 12.6. The lowest BCUT2D eigenvalue weighted by Crippen LogP contribution is -2.20. The van der Waals surface area contributed by atoms with Crippen molar-refractivity contribution < 1.29 is 23.7 Å². The molecule has 0 aliphatic carbocycles. The fraction of sp³-hybridized carbons (Fsp3) is 0.368.